The minimum absolute atomic E-state index is 0.0581. The number of nitrogens with two attached hydrogens (primary N) is 1. The molecule has 0 radical (unpaired) electrons. The number of aromatic nitrogens is 2. The molecule has 2 heterocycles. The van der Waals surface area contributed by atoms with E-state index in [1.807, 2.05) is 11.8 Å². The van der Waals surface area contributed by atoms with E-state index in [1.165, 1.54) is 0 Å². The van der Waals surface area contributed by atoms with Crippen LogP contribution < -0.4 is 16.0 Å². The van der Waals surface area contributed by atoms with E-state index >= 15 is 0 Å². The van der Waals surface area contributed by atoms with E-state index < -0.39 is 0 Å². The highest BCUT2D eigenvalue weighted by molar-refractivity contribution is 7.80. The van der Waals surface area contributed by atoms with Crippen molar-refractivity contribution in [3.8, 4) is 0 Å². The molecule has 1 aromatic heterocycles. The lowest BCUT2D eigenvalue weighted by atomic mass is 9.89. The third-order valence-corrected chi connectivity index (χ3v) is 3.67. The Hall–Kier alpha value is -1.76. The Balaban J connectivity index is 2.12. The molecule has 1 saturated heterocycles. The fourth-order valence-electron chi connectivity index (χ4n) is 2.26. The van der Waals surface area contributed by atoms with Crippen molar-refractivity contribution in [1.29, 1.82) is 0 Å². The van der Waals surface area contributed by atoms with Gasteiger partial charge >= 0.3 is 0 Å². The summed E-state index contributed by atoms with van der Waals surface area (Å²) in [7, 11) is 1.66. The van der Waals surface area contributed by atoms with Crippen LogP contribution in [0.5, 0.6) is 0 Å². The standard InChI is InChI=1S/C12H17N5OS/c1-12(11(18)14-2)3-4-17(7-12)9-6-15-8(5-16-9)10(13)19/h5-6H,3-4,7H2,1-2H3,(H2,13,19)(H,14,18). The zero-order chi connectivity index (χ0) is 14.0. The lowest BCUT2D eigenvalue weighted by Crippen LogP contribution is -2.39. The Bertz CT molecular complexity index is 503. The summed E-state index contributed by atoms with van der Waals surface area (Å²) in [4.78, 5) is 22.6. The molecule has 3 N–H and O–H groups in total. The predicted octanol–water partition coefficient (Wildman–Crippen LogP) is 0.0732. The Morgan fingerprint density at radius 2 is 2.26 bits per heavy atom. The van der Waals surface area contributed by atoms with Gasteiger partial charge in [0.15, 0.2) is 0 Å². The van der Waals surface area contributed by atoms with Crippen LogP contribution in [-0.4, -0.2) is 41.0 Å². The van der Waals surface area contributed by atoms with Crippen LogP contribution in [0.3, 0.4) is 0 Å². The smallest absolute Gasteiger partial charge is 0.227 e. The van der Waals surface area contributed by atoms with Crippen LogP contribution in [0.15, 0.2) is 12.4 Å². The normalized spacial score (nSPS) is 22.3. The van der Waals surface area contributed by atoms with Crippen LogP contribution in [-0.2, 0) is 4.79 Å². The fraction of sp³-hybridized carbons (Fsp3) is 0.500. The molecule has 0 spiro atoms. The summed E-state index contributed by atoms with van der Waals surface area (Å²) in [6.45, 7) is 3.38. The highest BCUT2D eigenvalue weighted by Gasteiger charge is 2.40. The second-order valence-corrected chi connectivity index (χ2v) is 5.38. The number of hydrogen-bond acceptors (Lipinski definition) is 5. The summed E-state index contributed by atoms with van der Waals surface area (Å²) in [6, 6.07) is 0. The molecule has 0 saturated carbocycles. The van der Waals surface area contributed by atoms with E-state index in [9.17, 15) is 4.79 Å². The summed E-state index contributed by atoms with van der Waals surface area (Å²) in [5, 5.41) is 2.71. The molecule has 1 amide bonds. The molecule has 1 fully saturated rings. The molecule has 1 atom stereocenters. The Kier molecular flexibility index (Phi) is 3.66. The van der Waals surface area contributed by atoms with Crippen molar-refractivity contribution in [1.82, 2.24) is 15.3 Å². The van der Waals surface area contributed by atoms with Gasteiger partial charge in [-0.1, -0.05) is 12.2 Å². The van der Waals surface area contributed by atoms with Crippen molar-refractivity contribution in [2.45, 2.75) is 13.3 Å². The first-order chi connectivity index (χ1) is 8.96. The molecule has 6 nitrogen and oxygen atoms in total. The summed E-state index contributed by atoms with van der Waals surface area (Å²) >= 11 is 4.84. The maximum atomic E-state index is 11.8. The molecule has 0 aromatic carbocycles. The van der Waals surface area contributed by atoms with Crippen LogP contribution in [0.1, 0.15) is 19.0 Å². The Morgan fingerprint density at radius 3 is 2.79 bits per heavy atom. The van der Waals surface area contributed by atoms with Crippen molar-refractivity contribution < 1.29 is 4.79 Å². The van der Waals surface area contributed by atoms with Crippen molar-refractivity contribution >= 4 is 28.9 Å². The maximum absolute atomic E-state index is 11.8. The number of anilines is 1. The number of rotatable bonds is 3. The van der Waals surface area contributed by atoms with Gasteiger partial charge in [0.2, 0.25) is 5.91 Å². The average Bonchev–Trinajstić information content (AvgIpc) is 2.82. The van der Waals surface area contributed by atoms with Crippen LogP contribution in [0.25, 0.3) is 0 Å². The van der Waals surface area contributed by atoms with Gasteiger partial charge < -0.3 is 16.0 Å². The summed E-state index contributed by atoms with van der Waals surface area (Å²) in [6.07, 6.45) is 4.00. The lowest BCUT2D eigenvalue weighted by Gasteiger charge is -2.23. The molecule has 7 heteroatoms. The minimum atomic E-state index is -0.377. The van der Waals surface area contributed by atoms with Crippen LogP contribution in [0.2, 0.25) is 0 Å². The second kappa shape index (κ2) is 5.08. The highest BCUT2D eigenvalue weighted by Crippen LogP contribution is 2.32. The largest absolute Gasteiger partial charge is 0.388 e. The van der Waals surface area contributed by atoms with Gasteiger partial charge in [-0.2, -0.15) is 0 Å². The molecule has 0 aliphatic carbocycles. The van der Waals surface area contributed by atoms with Gasteiger partial charge in [0, 0.05) is 20.1 Å². The third kappa shape index (κ3) is 2.65. The van der Waals surface area contributed by atoms with E-state index in [2.05, 4.69) is 15.3 Å². The van der Waals surface area contributed by atoms with E-state index in [0.29, 0.717) is 12.2 Å². The van der Waals surface area contributed by atoms with Gasteiger partial charge in [-0.25, -0.2) is 9.97 Å². The number of hydrogen-bond donors (Lipinski definition) is 2. The molecular weight excluding hydrogens is 262 g/mol. The zero-order valence-electron chi connectivity index (χ0n) is 11.0. The van der Waals surface area contributed by atoms with Gasteiger partial charge in [-0.05, 0) is 13.3 Å². The second-order valence-electron chi connectivity index (χ2n) is 4.94. The zero-order valence-corrected chi connectivity index (χ0v) is 11.8. The molecule has 2 rings (SSSR count). The van der Waals surface area contributed by atoms with Crippen LogP contribution in [0, 0.1) is 5.41 Å². The topological polar surface area (TPSA) is 84.1 Å². The summed E-state index contributed by atoms with van der Waals surface area (Å²) < 4.78 is 0. The SMILES string of the molecule is CNC(=O)C1(C)CCN(c2cnc(C(N)=S)cn2)C1. The third-order valence-electron chi connectivity index (χ3n) is 3.46. The van der Waals surface area contributed by atoms with Gasteiger partial charge in [0.25, 0.3) is 0 Å². The molecule has 102 valence electrons. The molecule has 19 heavy (non-hydrogen) atoms. The monoisotopic (exact) mass is 279 g/mol. The van der Waals surface area contributed by atoms with Crippen molar-refractivity contribution in [2.75, 3.05) is 25.0 Å². The molecule has 1 aromatic rings. The number of carbonyl (C=O) groups excluding carboxylic acids is 1. The van der Waals surface area contributed by atoms with Gasteiger partial charge in [-0.3, -0.25) is 4.79 Å². The number of carbonyl (C=O) groups is 1. The fourth-order valence-corrected chi connectivity index (χ4v) is 2.36. The van der Waals surface area contributed by atoms with Crippen molar-refractivity contribution in [2.24, 2.45) is 11.1 Å². The predicted molar refractivity (Wildman–Crippen MR) is 76.9 cm³/mol. The van der Waals surface area contributed by atoms with Gasteiger partial charge in [-0.15, -0.1) is 0 Å². The van der Waals surface area contributed by atoms with Gasteiger partial charge in [0.1, 0.15) is 16.5 Å². The quantitative estimate of drug-likeness (QED) is 0.762. The highest BCUT2D eigenvalue weighted by atomic mass is 32.1. The summed E-state index contributed by atoms with van der Waals surface area (Å²) in [5.41, 5.74) is 5.61. The molecule has 1 aliphatic heterocycles. The Morgan fingerprint density at radius 1 is 1.53 bits per heavy atom. The lowest BCUT2D eigenvalue weighted by molar-refractivity contribution is -0.128. The van der Waals surface area contributed by atoms with Gasteiger partial charge in [0.05, 0.1) is 17.8 Å². The minimum Gasteiger partial charge on any atom is -0.388 e. The molecule has 0 bridgehead atoms. The number of amides is 1. The summed E-state index contributed by atoms with van der Waals surface area (Å²) in [5.74, 6) is 0.801. The van der Waals surface area contributed by atoms with Crippen molar-refractivity contribution in [3.05, 3.63) is 18.1 Å². The van der Waals surface area contributed by atoms with E-state index in [1.54, 1.807) is 19.4 Å². The Labute approximate surface area is 117 Å². The molecule has 1 unspecified atom stereocenters. The first-order valence-corrected chi connectivity index (χ1v) is 6.46. The first-order valence-electron chi connectivity index (χ1n) is 6.05. The first kappa shape index (κ1) is 13.7. The molecular formula is C12H17N5OS. The van der Waals surface area contributed by atoms with Crippen molar-refractivity contribution in [3.63, 3.8) is 0 Å². The van der Waals surface area contributed by atoms with Crippen LogP contribution >= 0.6 is 12.2 Å². The van der Waals surface area contributed by atoms with E-state index in [-0.39, 0.29) is 16.3 Å². The van der Waals surface area contributed by atoms with Crippen LogP contribution in [0.4, 0.5) is 5.82 Å². The van der Waals surface area contributed by atoms with E-state index in [0.717, 1.165) is 18.8 Å². The molecule has 1 aliphatic rings. The van der Waals surface area contributed by atoms with E-state index in [4.69, 9.17) is 18.0 Å². The maximum Gasteiger partial charge on any atom is 0.227 e. The number of nitrogens with zero attached hydrogens (tertiary/aromatic N) is 3. The number of thiocarbonyl (C=S) groups is 1. The average molecular weight is 279 g/mol. The number of nitrogens with one attached hydrogen (secondary N) is 1.